The van der Waals surface area contributed by atoms with Gasteiger partial charge in [0.2, 0.25) is 5.91 Å². The molecule has 5 heteroatoms. The van der Waals surface area contributed by atoms with Gasteiger partial charge in [0.05, 0.1) is 6.42 Å². The van der Waals surface area contributed by atoms with Gasteiger partial charge in [-0.25, -0.2) is 8.78 Å². The van der Waals surface area contributed by atoms with E-state index in [1.807, 2.05) is 6.07 Å². The molecule has 0 N–H and O–H groups in total. The van der Waals surface area contributed by atoms with Crippen molar-refractivity contribution in [3.63, 3.8) is 0 Å². The number of piperazine rings is 1. The van der Waals surface area contributed by atoms with Gasteiger partial charge in [0, 0.05) is 38.3 Å². The summed E-state index contributed by atoms with van der Waals surface area (Å²) in [4.78, 5) is 16.2. The van der Waals surface area contributed by atoms with E-state index in [4.69, 9.17) is 0 Å². The van der Waals surface area contributed by atoms with Gasteiger partial charge in [-0.05, 0) is 17.7 Å². The van der Waals surface area contributed by atoms with Crippen molar-refractivity contribution in [3.8, 4) is 0 Å². The molecule has 0 aliphatic carbocycles. The van der Waals surface area contributed by atoms with Crippen LogP contribution in [0.15, 0.2) is 48.5 Å². The Morgan fingerprint density at radius 2 is 1.38 bits per heavy atom. The van der Waals surface area contributed by atoms with E-state index < -0.39 is 0 Å². The second-order valence-corrected chi connectivity index (χ2v) is 6.02. The van der Waals surface area contributed by atoms with Crippen LogP contribution in [0.1, 0.15) is 11.1 Å². The highest BCUT2D eigenvalue weighted by Crippen LogP contribution is 2.14. The topological polar surface area (TPSA) is 23.6 Å². The third kappa shape index (κ3) is 3.97. The van der Waals surface area contributed by atoms with Crippen molar-refractivity contribution in [1.82, 2.24) is 9.80 Å². The second-order valence-electron chi connectivity index (χ2n) is 6.02. The summed E-state index contributed by atoms with van der Waals surface area (Å²) in [5.74, 6) is -0.606. The highest BCUT2D eigenvalue weighted by atomic mass is 19.1. The molecule has 24 heavy (non-hydrogen) atoms. The molecule has 1 aliphatic rings. The van der Waals surface area contributed by atoms with Crippen molar-refractivity contribution in [2.24, 2.45) is 0 Å². The average molecular weight is 330 g/mol. The Morgan fingerprint density at radius 1 is 0.833 bits per heavy atom. The summed E-state index contributed by atoms with van der Waals surface area (Å²) in [5, 5.41) is 0. The van der Waals surface area contributed by atoms with E-state index in [0.29, 0.717) is 43.9 Å². The molecule has 0 spiro atoms. The molecule has 1 heterocycles. The van der Waals surface area contributed by atoms with E-state index >= 15 is 0 Å². The SMILES string of the molecule is O=C(Cc1ccccc1F)N1CCN(Cc2ccccc2F)CC1. The summed E-state index contributed by atoms with van der Waals surface area (Å²) in [5.41, 5.74) is 1.10. The van der Waals surface area contributed by atoms with E-state index in [1.165, 1.54) is 12.1 Å². The number of carbonyl (C=O) groups is 1. The number of amides is 1. The molecule has 0 saturated carbocycles. The Bertz CT molecular complexity index is 712. The lowest BCUT2D eigenvalue weighted by Crippen LogP contribution is -2.48. The summed E-state index contributed by atoms with van der Waals surface area (Å²) < 4.78 is 27.3. The minimum atomic E-state index is -0.343. The molecule has 0 aromatic heterocycles. The van der Waals surface area contributed by atoms with E-state index in [-0.39, 0.29) is 24.0 Å². The van der Waals surface area contributed by atoms with Crippen LogP contribution in [-0.2, 0) is 17.8 Å². The van der Waals surface area contributed by atoms with E-state index in [0.717, 1.165) is 0 Å². The van der Waals surface area contributed by atoms with Gasteiger partial charge in [0.1, 0.15) is 11.6 Å². The molecule has 3 rings (SSSR count). The van der Waals surface area contributed by atoms with Crippen molar-refractivity contribution >= 4 is 5.91 Å². The molecule has 1 fully saturated rings. The Kier molecular flexibility index (Phi) is 5.20. The number of rotatable bonds is 4. The summed E-state index contributed by atoms with van der Waals surface area (Å²) in [6.45, 7) is 3.10. The van der Waals surface area contributed by atoms with Gasteiger partial charge in [0.15, 0.2) is 0 Å². The number of benzene rings is 2. The Labute approximate surface area is 140 Å². The Morgan fingerprint density at radius 3 is 1.96 bits per heavy atom. The molecule has 3 nitrogen and oxygen atoms in total. The fourth-order valence-electron chi connectivity index (χ4n) is 2.94. The lowest BCUT2D eigenvalue weighted by Gasteiger charge is -2.35. The monoisotopic (exact) mass is 330 g/mol. The first-order chi connectivity index (χ1) is 11.6. The lowest BCUT2D eigenvalue weighted by atomic mass is 10.1. The quantitative estimate of drug-likeness (QED) is 0.861. The highest BCUT2D eigenvalue weighted by molar-refractivity contribution is 5.79. The van der Waals surface area contributed by atoms with Gasteiger partial charge in [-0.2, -0.15) is 0 Å². The van der Waals surface area contributed by atoms with Crippen molar-refractivity contribution in [2.75, 3.05) is 26.2 Å². The summed E-state index contributed by atoms with van der Waals surface area (Å²) in [6, 6.07) is 13.1. The van der Waals surface area contributed by atoms with Crippen LogP contribution in [0.25, 0.3) is 0 Å². The third-order valence-corrected chi connectivity index (χ3v) is 4.38. The zero-order valence-corrected chi connectivity index (χ0v) is 13.4. The van der Waals surface area contributed by atoms with E-state index in [9.17, 15) is 13.6 Å². The number of halogens is 2. The van der Waals surface area contributed by atoms with Crippen LogP contribution >= 0.6 is 0 Å². The second kappa shape index (κ2) is 7.53. The summed E-state index contributed by atoms with van der Waals surface area (Å²) in [6.07, 6.45) is 0.0833. The smallest absolute Gasteiger partial charge is 0.227 e. The van der Waals surface area contributed by atoms with Gasteiger partial charge in [-0.3, -0.25) is 9.69 Å². The normalized spacial score (nSPS) is 15.5. The predicted octanol–water partition coefficient (Wildman–Crippen LogP) is 2.85. The standard InChI is InChI=1S/C19H20F2N2O/c20-17-7-3-1-5-15(17)13-19(24)23-11-9-22(10-12-23)14-16-6-2-4-8-18(16)21/h1-8H,9-14H2. The molecule has 0 unspecified atom stereocenters. The molecule has 1 saturated heterocycles. The molecule has 1 amide bonds. The number of hydrogen-bond donors (Lipinski definition) is 0. The van der Waals surface area contributed by atoms with Crippen LogP contribution < -0.4 is 0 Å². The van der Waals surface area contributed by atoms with Crippen molar-refractivity contribution in [3.05, 3.63) is 71.3 Å². The maximum Gasteiger partial charge on any atom is 0.227 e. The molecule has 126 valence electrons. The van der Waals surface area contributed by atoms with Gasteiger partial charge < -0.3 is 4.90 Å². The molecule has 0 atom stereocenters. The van der Waals surface area contributed by atoms with E-state index in [2.05, 4.69) is 4.90 Å². The predicted molar refractivity (Wildman–Crippen MR) is 88.4 cm³/mol. The lowest BCUT2D eigenvalue weighted by molar-refractivity contribution is -0.132. The number of carbonyl (C=O) groups excluding carboxylic acids is 1. The van der Waals surface area contributed by atoms with Crippen LogP contribution in [-0.4, -0.2) is 41.9 Å². The summed E-state index contributed by atoms with van der Waals surface area (Å²) in [7, 11) is 0. The zero-order chi connectivity index (χ0) is 16.9. The first-order valence-corrected chi connectivity index (χ1v) is 8.10. The van der Waals surface area contributed by atoms with Crippen molar-refractivity contribution < 1.29 is 13.6 Å². The van der Waals surface area contributed by atoms with Crippen LogP contribution in [0.3, 0.4) is 0 Å². The first-order valence-electron chi connectivity index (χ1n) is 8.10. The van der Waals surface area contributed by atoms with Crippen molar-refractivity contribution in [2.45, 2.75) is 13.0 Å². The minimum Gasteiger partial charge on any atom is -0.340 e. The van der Waals surface area contributed by atoms with Crippen LogP contribution in [0.2, 0.25) is 0 Å². The highest BCUT2D eigenvalue weighted by Gasteiger charge is 2.22. The first kappa shape index (κ1) is 16.6. The molecule has 0 radical (unpaired) electrons. The molecule has 0 bridgehead atoms. The van der Waals surface area contributed by atoms with Crippen LogP contribution in [0.4, 0.5) is 8.78 Å². The molecular weight excluding hydrogens is 310 g/mol. The molecular formula is C19H20F2N2O. The van der Waals surface area contributed by atoms with Crippen LogP contribution in [0, 0.1) is 11.6 Å². The van der Waals surface area contributed by atoms with Gasteiger partial charge >= 0.3 is 0 Å². The Balaban J connectivity index is 1.52. The zero-order valence-electron chi connectivity index (χ0n) is 13.4. The molecule has 2 aromatic carbocycles. The van der Waals surface area contributed by atoms with Crippen LogP contribution in [0.5, 0.6) is 0 Å². The largest absolute Gasteiger partial charge is 0.340 e. The number of nitrogens with zero attached hydrogens (tertiary/aromatic N) is 2. The van der Waals surface area contributed by atoms with Gasteiger partial charge in [-0.15, -0.1) is 0 Å². The minimum absolute atomic E-state index is 0.0642. The molecule has 2 aromatic rings. The maximum atomic E-state index is 13.7. The van der Waals surface area contributed by atoms with E-state index in [1.54, 1.807) is 35.2 Å². The average Bonchev–Trinajstić information content (AvgIpc) is 2.59. The summed E-state index contributed by atoms with van der Waals surface area (Å²) >= 11 is 0. The molecule has 1 aliphatic heterocycles. The maximum absolute atomic E-state index is 13.7. The third-order valence-electron chi connectivity index (χ3n) is 4.38. The Hall–Kier alpha value is -2.27. The fourth-order valence-corrected chi connectivity index (χ4v) is 2.94. The number of hydrogen-bond acceptors (Lipinski definition) is 2. The van der Waals surface area contributed by atoms with Gasteiger partial charge in [-0.1, -0.05) is 36.4 Å². The fraction of sp³-hybridized carbons (Fsp3) is 0.316. The van der Waals surface area contributed by atoms with Gasteiger partial charge in [0.25, 0.3) is 0 Å². The van der Waals surface area contributed by atoms with Crippen molar-refractivity contribution in [1.29, 1.82) is 0 Å².